The van der Waals surface area contributed by atoms with Crippen LogP contribution in [-0.2, 0) is 16.0 Å². The lowest BCUT2D eigenvalue weighted by molar-refractivity contribution is -0.143. The maximum atomic E-state index is 12.2. The largest absolute Gasteiger partial charge is 0.480 e. The number of H-pyrrole nitrogens is 1. The number of nitrogens with zero attached hydrogens (tertiary/aromatic N) is 1. The summed E-state index contributed by atoms with van der Waals surface area (Å²) in [4.78, 5) is 35.2. The molecule has 1 aromatic heterocycles. The molecule has 3 N–H and O–H groups in total. The minimum absolute atomic E-state index is 0.0997. The average molecular weight is 317 g/mol. The molecule has 0 aliphatic carbocycles. The van der Waals surface area contributed by atoms with Gasteiger partial charge >= 0.3 is 5.97 Å². The number of fused-ring (bicyclic) bond motifs is 1. The second-order valence-corrected chi connectivity index (χ2v) is 5.49. The van der Waals surface area contributed by atoms with Crippen molar-refractivity contribution < 1.29 is 14.7 Å². The Bertz CT molecular complexity index is 784. The van der Waals surface area contributed by atoms with Crippen LogP contribution in [0.1, 0.15) is 26.0 Å². The summed E-state index contributed by atoms with van der Waals surface area (Å²) in [6, 6.07) is 5.90. The molecule has 122 valence electrons. The summed E-state index contributed by atoms with van der Waals surface area (Å²) in [6.45, 7) is 3.64. The number of carboxylic acid groups (broad SMARTS) is 1. The molecule has 0 saturated heterocycles. The van der Waals surface area contributed by atoms with E-state index in [9.17, 15) is 19.5 Å². The van der Waals surface area contributed by atoms with Crippen molar-refractivity contribution in [3.63, 3.8) is 0 Å². The molecule has 0 saturated carbocycles. The lowest BCUT2D eigenvalue weighted by Gasteiger charge is -2.20. The van der Waals surface area contributed by atoms with Crippen LogP contribution in [-0.4, -0.2) is 33.2 Å². The molecule has 2 atom stereocenters. The van der Waals surface area contributed by atoms with E-state index in [1.165, 1.54) is 0 Å². The summed E-state index contributed by atoms with van der Waals surface area (Å²) in [5.41, 5.74) is 0.0822. The molecule has 1 aromatic carbocycles. The van der Waals surface area contributed by atoms with Crippen molar-refractivity contribution in [3.05, 3.63) is 40.3 Å². The van der Waals surface area contributed by atoms with Crippen molar-refractivity contribution in [2.75, 3.05) is 0 Å². The van der Waals surface area contributed by atoms with E-state index in [0.29, 0.717) is 22.9 Å². The summed E-state index contributed by atoms with van der Waals surface area (Å²) in [6.07, 6.45) is 0.536. The Morgan fingerprint density at radius 2 is 1.96 bits per heavy atom. The molecule has 0 radical (unpaired) electrons. The predicted octanol–water partition coefficient (Wildman–Crippen LogP) is 1.08. The van der Waals surface area contributed by atoms with E-state index in [1.807, 2.05) is 6.92 Å². The molecule has 0 aliphatic heterocycles. The smallest absolute Gasteiger partial charge is 0.326 e. The fourth-order valence-electron chi connectivity index (χ4n) is 2.37. The van der Waals surface area contributed by atoms with E-state index in [2.05, 4.69) is 15.5 Å². The number of amides is 1. The molecule has 1 amide bonds. The summed E-state index contributed by atoms with van der Waals surface area (Å²) >= 11 is 0. The van der Waals surface area contributed by atoms with E-state index in [4.69, 9.17) is 0 Å². The number of benzene rings is 1. The van der Waals surface area contributed by atoms with Crippen molar-refractivity contribution in [3.8, 4) is 0 Å². The number of carbonyl (C=O) groups is 2. The van der Waals surface area contributed by atoms with Crippen molar-refractivity contribution in [2.24, 2.45) is 5.92 Å². The molecular formula is C16H19N3O4. The minimum Gasteiger partial charge on any atom is -0.480 e. The zero-order chi connectivity index (χ0) is 17.0. The zero-order valence-electron chi connectivity index (χ0n) is 13.0. The number of hydrogen-bond donors (Lipinski definition) is 3. The van der Waals surface area contributed by atoms with Gasteiger partial charge in [0.1, 0.15) is 6.04 Å². The molecule has 7 heteroatoms. The average Bonchev–Trinajstić information content (AvgIpc) is 2.54. The number of rotatable bonds is 6. The minimum atomic E-state index is -1.06. The number of nitrogens with one attached hydrogen (secondary N) is 2. The van der Waals surface area contributed by atoms with Gasteiger partial charge in [-0.05, 0) is 12.0 Å². The van der Waals surface area contributed by atoms with Gasteiger partial charge in [-0.3, -0.25) is 9.59 Å². The van der Waals surface area contributed by atoms with E-state index in [-0.39, 0.29) is 17.9 Å². The van der Waals surface area contributed by atoms with Crippen LogP contribution in [0.5, 0.6) is 0 Å². The highest BCUT2D eigenvalue weighted by Gasteiger charge is 2.25. The third-order valence-electron chi connectivity index (χ3n) is 3.90. The molecule has 0 spiro atoms. The summed E-state index contributed by atoms with van der Waals surface area (Å²) in [5.74, 6) is -1.69. The van der Waals surface area contributed by atoms with Crippen LogP contribution in [0.15, 0.2) is 29.1 Å². The first-order chi connectivity index (χ1) is 10.9. The SMILES string of the molecule is CCC(C)C(NC(=O)Cc1n[nH]c(=O)c2ccccc12)C(=O)O. The van der Waals surface area contributed by atoms with Crippen LogP contribution in [0.25, 0.3) is 10.8 Å². The van der Waals surface area contributed by atoms with Crippen LogP contribution in [0.4, 0.5) is 0 Å². The van der Waals surface area contributed by atoms with Gasteiger partial charge in [0, 0.05) is 5.39 Å². The number of carboxylic acids is 1. The molecule has 0 fully saturated rings. The van der Waals surface area contributed by atoms with Crippen LogP contribution in [0, 0.1) is 5.92 Å². The topological polar surface area (TPSA) is 112 Å². The number of aromatic amines is 1. The molecular weight excluding hydrogens is 298 g/mol. The van der Waals surface area contributed by atoms with Gasteiger partial charge in [-0.15, -0.1) is 0 Å². The highest BCUT2D eigenvalue weighted by molar-refractivity contribution is 5.90. The molecule has 2 aromatic rings. The Kier molecular flexibility index (Phi) is 5.10. The summed E-state index contributed by atoms with van der Waals surface area (Å²) in [7, 11) is 0. The van der Waals surface area contributed by atoms with Crippen LogP contribution >= 0.6 is 0 Å². The van der Waals surface area contributed by atoms with Crippen molar-refractivity contribution in [1.82, 2.24) is 15.5 Å². The monoisotopic (exact) mass is 317 g/mol. The fourth-order valence-corrected chi connectivity index (χ4v) is 2.37. The molecule has 0 aliphatic rings. The first-order valence-corrected chi connectivity index (χ1v) is 7.42. The Morgan fingerprint density at radius 1 is 1.30 bits per heavy atom. The Labute approximate surface area is 132 Å². The third kappa shape index (κ3) is 3.74. The number of aromatic nitrogens is 2. The molecule has 0 bridgehead atoms. The highest BCUT2D eigenvalue weighted by atomic mass is 16.4. The van der Waals surface area contributed by atoms with Crippen molar-refractivity contribution in [2.45, 2.75) is 32.7 Å². The summed E-state index contributed by atoms with van der Waals surface area (Å²) in [5, 5.41) is 19.1. The van der Waals surface area contributed by atoms with Gasteiger partial charge in [-0.25, -0.2) is 9.89 Å². The number of aliphatic carboxylic acids is 1. The maximum Gasteiger partial charge on any atom is 0.326 e. The zero-order valence-corrected chi connectivity index (χ0v) is 13.0. The standard InChI is InChI=1S/C16H19N3O4/c1-3-9(2)14(16(22)23)17-13(20)8-12-10-6-4-5-7-11(10)15(21)19-18-12/h4-7,9,14H,3,8H2,1-2H3,(H,17,20)(H,19,21)(H,22,23). The first kappa shape index (κ1) is 16.7. The van der Waals surface area contributed by atoms with Crippen molar-refractivity contribution in [1.29, 1.82) is 0 Å². The van der Waals surface area contributed by atoms with E-state index < -0.39 is 17.9 Å². The quantitative estimate of drug-likeness (QED) is 0.738. The number of hydrogen-bond acceptors (Lipinski definition) is 4. The second kappa shape index (κ2) is 7.04. The Morgan fingerprint density at radius 3 is 2.57 bits per heavy atom. The maximum absolute atomic E-state index is 12.2. The lowest BCUT2D eigenvalue weighted by atomic mass is 9.99. The first-order valence-electron chi connectivity index (χ1n) is 7.42. The van der Waals surface area contributed by atoms with Gasteiger partial charge in [0.05, 0.1) is 17.5 Å². The van der Waals surface area contributed by atoms with Gasteiger partial charge in [-0.2, -0.15) is 5.10 Å². The van der Waals surface area contributed by atoms with Crippen LogP contribution < -0.4 is 10.9 Å². The van der Waals surface area contributed by atoms with Gasteiger partial charge in [-0.1, -0.05) is 38.5 Å². The molecule has 2 unspecified atom stereocenters. The normalized spacial score (nSPS) is 13.5. The Hall–Kier alpha value is -2.70. The van der Waals surface area contributed by atoms with Gasteiger partial charge in [0.2, 0.25) is 5.91 Å². The highest BCUT2D eigenvalue weighted by Crippen LogP contribution is 2.13. The van der Waals surface area contributed by atoms with E-state index >= 15 is 0 Å². The van der Waals surface area contributed by atoms with Crippen molar-refractivity contribution >= 4 is 22.6 Å². The molecule has 7 nitrogen and oxygen atoms in total. The van der Waals surface area contributed by atoms with Gasteiger partial charge in [0.25, 0.3) is 5.56 Å². The molecule has 1 heterocycles. The van der Waals surface area contributed by atoms with E-state index in [0.717, 1.165) is 0 Å². The van der Waals surface area contributed by atoms with E-state index in [1.54, 1.807) is 31.2 Å². The van der Waals surface area contributed by atoms with Crippen LogP contribution in [0.2, 0.25) is 0 Å². The summed E-state index contributed by atoms with van der Waals surface area (Å²) < 4.78 is 0. The molecule has 2 rings (SSSR count). The second-order valence-electron chi connectivity index (χ2n) is 5.49. The van der Waals surface area contributed by atoms with Gasteiger partial charge in [0.15, 0.2) is 0 Å². The number of carbonyl (C=O) groups excluding carboxylic acids is 1. The van der Waals surface area contributed by atoms with Crippen LogP contribution in [0.3, 0.4) is 0 Å². The third-order valence-corrected chi connectivity index (χ3v) is 3.90. The van der Waals surface area contributed by atoms with Gasteiger partial charge < -0.3 is 10.4 Å². The lowest BCUT2D eigenvalue weighted by Crippen LogP contribution is -2.45. The fraction of sp³-hybridized carbons (Fsp3) is 0.375. The predicted molar refractivity (Wildman–Crippen MR) is 85.1 cm³/mol. The molecule has 23 heavy (non-hydrogen) atoms. The Balaban J connectivity index is 2.22.